The van der Waals surface area contributed by atoms with E-state index in [0.717, 1.165) is 19.3 Å². The summed E-state index contributed by atoms with van der Waals surface area (Å²) >= 11 is 0. The predicted molar refractivity (Wildman–Crippen MR) is 30.4 cm³/mol. The summed E-state index contributed by atoms with van der Waals surface area (Å²) < 4.78 is 5.04. The van der Waals surface area contributed by atoms with E-state index in [1.165, 1.54) is 0 Å². The lowest BCUT2D eigenvalue weighted by atomic mass is 10.1. The molecule has 1 fully saturated rings. The van der Waals surface area contributed by atoms with Gasteiger partial charge in [0.05, 0.1) is 6.10 Å². The molecule has 1 rings (SSSR count). The van der Waals surface area contributed by atoms with Crippen molar-refractivity contribution in [3.63, 3.8) is 0 Å². The van der Waals surface area contributed by atoms with Gasteiger partial charge in [0.25, 0.3) is 0 Å². The second-order valence-electron chi connectivity index (χ2n) is 2.33. The van der Waals surface area contributed by atoms with Crippen molar-refractivity contribution >= 4 is 0 Å². The SMILES string of the molecule is C[C@@H]1CCC[C@@H](O)O1. The van der Waals surface area contributed by atoms with Crippen LogP contribution in [0.25, 0.3) is 0 Å². The summed E-state index contributed by atoms with van der Waals surface area (Å²) in [7, 11) is 0. The normalized spacial score (nSPS) is 39.8. The van der Waals surface area contributed by atoms with Crippen LogP contribution in [0.1, 0.15) is 26.2 Å². The smallest absolute Gasteiger partial charge is 0.154 e. The largest absolute Gasteiger partial charge is 0.368 e. The van der Waals surface area contributed by atoms with Gasteiger partial charge in [0.2, 0.25) is 0 Å². The van der Waals surface area contributed by atoms with Gasteiger partial charge in [0.15, 0.2) is 6.29 Å². The summed E-state index contributed by atoms with van der Waals surface area (Å²) in [4.78, 5) is 0. The van der Waals surface area contributed by atoms with Crippen LogP contribution in [0.15, 0.2) is 0 Å². The molecule has 1 saturated heterocycles. The third-order valence-electron chi connectivity index (χ3n) is 1.45. The third kappa shape index (κ3) is 1.46. The number of hydrogen-bond acceptors (Lipinski definition) is 2. The monoisotopic (exact) mass is 116 g/mol. The Bertz CT molecular complexity index is 64.9. The second-order valence-corrected chi connectivity index (χ2v) is 2.33. The van der Waals surface area contributed by atoms with E-state index in [2.05, 4.69) is 0 Å². The van der Waals surface area contributed by atoms with Gasteiger partial charge in [0, 0.05) is 0 Å². The molecule has 1 aliphatic rings. The van der Waals surface area contributed by atoms with Gasteiger partial charge < -0.3 is 9.84 Å². The molecule has 48 valence electrons. The molecule has 0 aromatic rings. The van der Waals surface area contributed by atoms with Crippen LogP contribution < -0.4 is 0 Å². The zero-order valence-electron chi connectivity index (χ0n) is 5.13. The van der Waals surface area contributed by atoms with E-state index in [1.54, 1.807) is 0 Å². The van der Waals surface area contributed by atoms with Crippen molar-refractivity contribution in [2.24, 2.45) is 0 Å². The van der Waals surface area contributed by atoms with Crippen LogP contribution in [0.4, 0.5) is 0 Å². The number of aliphatic hydroxyl groups is 1. The van der Waals surface area contributed by atoms with E-state index >= 15 is 0 Å². The van der Waals surface area contributed by atoms with Gasteiger partial charge in [-0.1, -0.05) is 0 Å². The van der Waals surface area contributed by atoms with E-state index in [4.69, 9.17) is 9.84 Å². The van der Waals surface area contributed by atoms with Crippen LogP contribution in [0.2, 0.25) is 0 Å². The average molecular weight is 116 g/mol. The third-order valence-corrected chi connectivity index (χ3v) is 1.45. The number of rotatable bonds is 0. The van der Waals surface area contributed by atoms with Gasteiger partial charge in [-0.05, 0) is 26.2 Å². The Morgan fingerprint density at radius 3 is 2.62 bits per heavy atom. The van der Waals surface area contributed by atoms with Crippen LogP contribution in [0.5, 0.6) is 0 Å². The van der Waals surface area contributed by atoms with Crippen molar-refractivity contribution in [3.8, 4) is 0 Å². The maximum absolute atomic E-state index is 8.86. The van der Waals surface area contributed by atoms with Crippen LogP contribution in [-0.2, 0) is 4.74 Å². The molecule has 0 spiro atoms. The molecule has 0 unspecified atom stereocenters. The van der Waals surface area contributed by atoms with Crippen molar-refractivity contribution in [1.82, 2.24) is 0 Å². The van der Waals surface area contributed by atoms with Crippen molar-refractivity contribution in [3.05, 3.63) is 0 Å². The first-order chi connectivity index (χ1) is 3.79. The lowest BCUT2D eigenvalue weighted by Crippen LogP contribution is -2.24. The van der Waals surface area contributed by atoms with Crippen molar-refractivity contribution in [2.45, 2.75) is 38.6 Å². The molecule has 0 bridgehead atoms. The van der Waals surface area contributed by atoms with Crippen LogP contribution in [0, 0.1) is 0 Å². The highest BCUT2D eigenvalue weighted by atomic mass is 16.6. The maximum Gasteiger partial charge on any atom is 0.154 e. The summed E-state index contributed by atoms with van der Waals surface area (Å²) in [5.74, 6) is 0. The Balaban J connectivity index is 2.23. The highest BCUT2D eigenvalue weighted by Crippen LogP contribution is 2.15. The lowest BCUT2D eigenvalue weighted by Gasteiger charge is -2.23. The van der Waals surface area contributed by atoms with Crippen molar-refractivity contribution in [1.29, 1.82) is 0 Å². The minimum Gasteiger partial charge on any atom is -0.368 e. The van der Waals surface area contributed by atoms with E-state index in [0.29, 0.717) is 0 Å². The first kappa shape index (κ1) is 6.05. The lowest BCUT2D eigenvalue weighted by molar-refractivity contribution is -0.156. The fraction of sp³-hybridized carbons (Fsp3) is 1.00. The van der Waals surface area contributed by atoms with Crippen LogP contribution >= 0.6 is 0 Å². The molecule has 1 heterocycles. The van der Waals surface area contributed by atoms with Gasteiger partial charge in [-0.3, -0.25) is 0 Å². The summed E-state index contributed by atoms with van der Waals surface area (Å²) in [6, 6.07) is 0. The Morgan fingerprint density at radius 2 is 2.25 bits per heavy atom. The summed E-state index contributed by atoms with van der Waals surface area (Å²) in [6.45, 7) is 1.99. The van der Waals surface area contributed by atoms with E-state index in [1.807, 2.05) is 6.92 Å². The summed E-state index contributed by atoms with van der Waals surface area (Å²) in [5, 5.41) is 8.86. The van der Waals surface area contributed by atoms with Gasteiger partial charge in [-0.15, -0.1) is 0 Å². The van der Waals surface area contributed by atoms with E-state index in [-0.39, 0.29) is 6.10 Å². The first-order valence-electron chi connectivity index (χ1n) is 3.12. The number of hydrogen-bond donors (Lipinski definition) is 1. The molecule has 1 aliphatic heterocycles. The van der Waals surface area contributed by atoms with Gasteiger partial charge in [-0.25, -0.2) is 0 Å². The van der Waals surface area contributed by atoms with Crippen molar-refractivity contribution < 1.29 is 9.84 Å². The fourth-order valence-electron chi connectivity index (χ4n) is 0.984. The zero-order valence-corrected chi connectivity index (χ0v) is 5.13. The minimum absolute atomic E-state index is 0.263. The van der Waals surface area contributed by atoms with E-state index < -0.39 is 6.29 Å². The van der Waals surface area contributed by atoms with Crippen LogP contribution in [-0.4, -0.2) is 17.5 Å². The molecule has 0 aromatic heterocycles. The fourth-order valence-corrected chi connectivity index (χ4v) is 0.984. The highest BCUT2D eigenvalue weighted by Gasteiger charge is 2.15. The summed E-state index contributed by atoms with van der Waals surface area (Å²) in [5.41, 5.74) is 0. The molecule has 0 radical (unpaired) electrons. The molecule has 1 N–H and O–H groups in total. The Labute approximate surface area is 49.5 Å². The second kappa shape index (κ2) is 2.46. The number of aliphatic hydroxyl groups excluding tert-OH is 1. The quantitative estimate of drug-likeness (QED) is 0.509. The predicted octanol–water partition coefficient (Wildman–Crippen LogP) is 0.894. The molecule has 0 amide bonds. The Morgan fingerprint density at radius 1 is 1.50 bits per heavy atom. The van der Waals surface area contributed by atoms with Crippen molar-refractivity contribution in [2.75, 3.05) is 0 Å². The standard InChI is InChI=1S/C6H12O2/c1-5-3-2-4-6(7)8-5/h5-7H,2-4H2,1H3/t5-,6+/m1/s1. The van der Waals surface area contributed by atoms with Crippen LogP contribution in [0.3, 0.4) is 0 Å². The first-order valence-corrected chi connectivity index (χ1v) is 3.12. The topological polar surface area (TPSA) is 29.5 Å². The molecule has 0 aliphatic carbocycles. The minimum atomic E-state index is -0.487. The molecular weight excluding hydrogens is 104 g/mol. The molecule has 2 atom stereocenters. The average Bonchev–Trinajstić information content (AvgIpc) is 1.64. The Kier molecular flexibility index (Phi) is 1.86. The maximum atomic E-state index is 8.86. The molecule has 2 nitrogen and oxygen atoms in total. The Hall–Kier alpha value is -0.0800. The zero-order chi connectivity index (χ0) is 5.98. The van der Waals surface area contributed by atoms with Gasteiger partial charge in [-0.2, -0.15) is 0 Å². The van der Waals surface area contributed by atoms with E-state index in [9.17, 15) is 0 Å². The van der Waals surface area contributed by atoms with Gasteiger partial charge >= 0.3 is 0 Å². The highest BCUT2D eigenvalue weighted by molar-refractivity contribution is 4.59. The molecule has 2 heteroatoms. The summed E-state index contributed by atoms with van der Waals surface area (Å²) in [6.07, 6.45) is 2.78. The molecule has 0 aromatic carbocycles. The molecule has 8 heavy (non-hydrogen) atoms. The molecular formula is C6H12O2. The molecule has 0 saturated carbocycles. The number of ether oxygens (including phenoxy) is 1. The van der Waals surface area contributed by atoms with Gasteiger partial charge in [0.1, 0.15) is 0 Å².